The van der Waals surface area contributed by atoms with Gasteiger partial charge in [0, 0.05) is 31.9 Å². The summed E-state index contributed by atoms with van der Waals surface area (Å²) in [5.74, 6) is 0.310. The zero-order valence-electron chi connectivity index (χ0n) is 10.4. The highest BCUT2D eigenvalue weighted by molar-refractivity contribution is 6.33. The van der Waals surface area contributed by atoms with Gasteiger partial charge in [-0.3, -0.25) is 4.79 Å². The average molecular weight is 280 g/mol. The minimum absolute atomic E-state index is 0.220. The largest absolute Gasteiger partial charge is 0.373 e. The molecule has 0 atom stereocenters. The Morgan fingerprint density at radius 3 is 3.00 bits per heavy atom. The second-order valence-corrected chi connectivity index (χ2v) is 4.27. The van der Waals surface area contributed by atoms with Crippen LogP contribution in [0.15, 0.2) is 24.7 Å². The lowest BCUT2D eigenvalue weighted by atomic mass is 10.3. The number of hydrogen-bond acceptors (Lipinski definition) is 4. The predicted octanol–water partition coefficient (Wildman–Crippen LogP) is 1.47. The molecule has 6 nitrogen and oxygen atoms in total. The molecule has 2 rings (SSSR count). The highest BCUT2D eigenvalue weighted by atomic mass is 35.5. The Labute approximate surface area is 115 Å². The lowest BCUT2D eigenvalue weighted by Crippen LogP contribution is -2.27. The molecular formula is C12H14ClN5O. The lowest BCUT2D eigenvalue weighted by molar-refractivity contribution is 0.0949. The number of H-pyrrole nitrogens is 1. The van der Waals surface area contributed by atoms with E-state index in [1.54, 1.807) is 31.7 Å². The van der Waals surface area contributed by atoms with Crippen LogP contribution in [0, 0.1) is 0 Å². The van der Waals surface area contributed by atoms with Gasteiger partial charge in [0.25, 0.3) is 5.91 Å². The van der Waals surface area contributed by atoms with Crippen molar-refractivity contribution in [3.8, 4) is 0 Å². The molecule has 2 aromatic heterocycles. The zero-order valence-corrected chi connectivity index (χ0v) is 11.2. The first-order valence-electron chi connectivity index (χ1n) is 5.80. The molecule has 0 aliphatic heterocycles. The van der Waals surface area contributed by atoms with Gasteiger partial charge < -0.3 is 15.6 Å². The van der Waals surface area contributed by atoms with E-state index in [9.17, 15) is 4.79 Å². The van der Waals surface area contributed by atoms with Crippen LogP contribution in [0.4, 0.5) is 5.82 Å². The molecule has 0 aliphatic rings. The second-order valence-electron chi connectivity index (χ2n) is 3.86. The molecule has 0 aromatic carbocycles. The van der Waals surface area contributed by atoms with Gasteiger partial charge in [-0.05, 0) is 12.1 Å². The van der Waals surface area contributed by atoms with E-state index in [1.165, 1.54) is 0 Å². The number of carbonyl (C=O) groups excluding carboxylic acids is 1. The normalized spacial score (nSPS) is 10.2. The van der Waals surface area contributed by atoms with Gasteiger partial charge in [-0.1, -0.05) is 11.6 Å². The molecular weight excluding hydrogens is 266 g/mol. The number of nitrogens with one attached hydrogen (secondary N) is 3. The van der Waals surface area contributed by atoms with E-state index in [2.05, 4.69) is 25.6 Å². The summed E-state index contributed by atoms with van der Waals surface area (Å²) in [6.45, 7) is 0.489. The van der Waals surface area contributed by atoms with Gasteiger partial charge >= 0.3 is 0 Å². The molecule has 0 unspecified atom stereocenters. The van der Waals surface area contributed by atoms with Crippen LogP contribution in [-0.2, 0) is 6.42 Å². The highest BCUT2D eigenvalue weighted by Gasteiger charge is 2.12. The summed E-state index contributed by atoms with van der Waals surface area (Å²) in [6.07, 6.45) is 4.00. The second kappa shape index (κ2) is 6.19. The van der Waals surface area contributed by atoms with Crippen molar-refractivity contribution in [1.29, 1.82) is 0 Å². The third-order valence-electron chi connectivity index (χ3n) is 2.55. The molecule has 0 radical (unpaired) electrons. The number of hydrogen-bond donors (Lipinski definition) is 3. The van der Waals surface area contributed by atoms with E-state index in [1.807, 2.05) is 0 Å². The van der Waals surface area contributed by atoms with Crippen molar-refractivity contribution in [2.24, 2.45) is 0 Å². The SMILES string of the molecule is CNc1ccc(Cl)c(C(=O)NCCc2cnc[nH]2)n1. The molecule has 1 amide bonds. The van der Waals surface area contributed by atoms with Crippen LogP contribution in [0.25, 0.3) is 0 Å². The fourth-order valence-corrected chi connectivity index (χ4v) is 1.75. The van der Waals surface area contributed by atoms with Crippen molar-refractivity contribution in [3.05, 3.63) is 41.1 Å². The van der Waals surface area contributed by atoms with Gasteiger partial charge in [-0.25, -0.2) is 9.97 Å². The number of anilines is 1. The number of amides is 1. The maximum Gasteiger partial charge on any atom is 0.271 e. The number of aromatic nitrogens is 3. The fourth-order valence-electron chi connectivity index (χ4n) is 1.56. The van der Waals surface area contributed by atoms with E-state index in [-0.39, 0.29) is 11.6 Å². The average Bonchev–Trinajstić information content (AvgIpc) is 2.92. The Morgan fingerprint density at radius 2 is 2.32 bits per heavy atom. The van der Waals surface area contributed by atoms with E-state index in [0.717, 1.165) is 5.69 Å². The first-order valence-corrected chi connectivity index (χ1v) is 6.18. The van der Waals surface area contributed by atoms with Crippen LogP contribution in [0.3, 0.4) is 0 Å². The van der Waals surface area contributed by atoms with Crippen molar-refractivity contribution in [2.75, 3.05) is 18.9 Å². The molecule has 0 saturated heterocycles. The molecule has 7 heteroatoms. The fraction of sp³-hybridized carbons (Fsp3) is 0.250. The van der Waals surface area contributed by atoms with Crippen LogP contribution in [0.2, 0.25) is 5.02 Å². The quantitative estimate of drug-likeness (QED) is 0.774. The third-order valence-corrected chi connectivity index (χ3v) is 2.86. The van der Waals surface area contributed by atoms with Crippen molar-refractivity contribution in [2.45, 2.75) is 6.42 Å². The van der Waals surface area contributed by atoms with Gasteiger partial charge in [0.05, 0.1) is 11.3 Å². The van der Waals surface area contributed by atoms with Crippen LogP contribution in [0.1, 0.15) is 16.2 Å². The van der Waals surface area contributed by atoms with Gasteiger partial charge in [-0.15, -0.1) is 0 Å². The maximum atomic E-state index is 12.0. The van der Waals surface area contributed by atoms with E-state index in [4.69, 9.17) is 11.6 Å². The van der Waals surface area contributed by atoms with Gasteiger partial charge in [0.2, 0.25) is 0 Å². The van der Waals surface area contributed by atoms with E-state index >= 15 is 0 Å². The zero-order chi connectivity index (χ0) is 13.7. The summed E-state index contributed by atoms with van der Waals surface area (Å²) in [5, 5.41) is 5.96. The lowest BCUT2D eigenvalue weighted by Gasteiger charge is -2.07. The molecule has 100 valence electrons. The number of carbonyl (C=O) groups is 1. The first-order chi connectivity index (χ1) is 9.20. The summed E-state index contributed by atoms with van der Waals surface area (Å²) in [4.78, 5) is 23.0. The topological polar surface area (TPSA) is 82.7 Å². The van der Waals surface area contributed by atoms with E-state index < -0.39 is 0 Å². The van der Waals surface area contributed by atoms with Crippen LogP contribution in [-0.4, -0.2) is 34.5 Å². The molecule has 2 aromatic rings. The van der Waals surface area contributed by atoms with Crippen LogP contribution >= 0.6 is 11.6 Å². The van der Waals surface area contributed by atoms with Crippen molar-refractivity contribution < 1.29 is 4.79 Å². The molecule has 19 heavy (non-hydrogen) atoms. The Bertz CT molecular complexity index is 555. The number of imidazole rings is 1. The van der Waals surface area contributed by atoms with Gasteiger partial charge in [0.15, 0.2) is 0 Å². The number of nitrogens with zero attached hydrogens (tertiary/aromatic N) is 2. The molecule has 0 bridgehead atoms. The first kappa shape index (κ1) is 13.4. The molecule has 0 spiro atoms. The highest BCUT2D eigenvalue weighted by Crippen LogP contribution is 2.16. The monoisotopic (exact) mass is 279 g/mol. The maximum absolute atomic E-state index is 12.0. The number of halogens is 1. The molecule has 0 aliphatic carbocycles. The van der Waals surface area contributed by atoms with Crippen molar-refractivity contribution in [3.63, 3.8) is 0 Å². The number of rotatable bonds is 5. The Kier molecular flexibility index (Phi) is 4.35. The Hall–Kier alpha value is -2.08. The minimum Gasteiger partial charge on any atom is -0.373 e. The molecule has 2 heterocycles. The Morgan fingerprint density at radius 1 is 1.47 bits per heavy atom. The summed E-state index contributed by atoms with van der Waals surface area (Å²) in [7, 11) is 1.73. The minimum atomic E-state index is -0.290. The van der Waals surface area contributed by atoms with Gasteiger partial charge in [-0.2, -0.15) is 0 Å². The van der Waals surface area contributed by atoms with Gasteiger partial charge in [0.1, 0.15) is 11.5 Å². The summed E-state index contributed by atoms with van der Waals surface area (Å²) >= 11 is 5.96. The predicted molar refractivity (Wildman–Crippen MR) is 73.4 cm³/mol. The smallest absolute Gasteiger partial charge is 0.271 e. The van der Waals surface area contributed by atoms with Crippen LogP contribution in [0.5, 0.6) is 0 Å². The van der Waals surface area contributed by atoms with E-state index in [0.29, 0.717) is 23.8 Å². The number of pyridine rings is 1. The number of aromatic amines is 1. The Balaban J connectivity index is 1.95. The molecule has 0 fully saturated rings. The summed E-state index contributed by atoms with van der Waals surface area (Å²) in [5.41, 5.74) is 1.18. The molecule has 3 N–H and O–H groups in total. The standard InChI is InChI=1S/C12H14ClN5O/c1-14-10-3-2-9(13)11(18-10)12(19)16-5-4-8-6-15-7-17-8/h2-3,6-7H,4-5H2,1H3,(H,14,18)(H,15,17)(H,16,19). The van der Waals surface area contributed by atoms with Crippen molar-refractivity contribution >= 4 is 23.3 Å². The third kappa shape index (κ3) is 3.45. The van der Waals surface area contributed by atoms with Crippen molar-refractivity contribution in [1.82, 2.24) is 20.3 Å². The molecule has 0 saturated carbocycles. The summed E-state index contributed by atoms with van der Waals surface area (Å²) < 4.78 is 0. The summed E-state index contributed by atoms with van der Waals surface area (Å²) in [6, 6.07) is 3.36. The van der Waals surface area contributed by atoms with Crippen LogP contribution < -0.4 is 10.6 Å².